The summed E-state index contributed by atoms with van der Waals surface area (Å²) >= 11 is 6.61. The molecule has 4 aromatic rings. The molecule has 37 heavy (non-hydrogen) atoms. The summed E-state index contributed by atoms with van der Waals surface area (Å²) in [5.74, 6) is -0.264. The first kappa shape index (κ1) is 26.0. The summed E-state index contributed by atoms with van der Waals surface area (Å²) in [7, 11) is 2.14. The van der Waals surface area contributed by atoms with Crippen molar-refractivity contribution in [3.63, 3.8) is 0 Å². The number of carbonyl (C=O) groups excluding carboxylic acids is 1. The molecule has 0 saturated heterocycles. The van der Waals surface area contributed by atoms with E-state index in [-0.39, 0.29) is 27.4 Å². The SMILES string of the molecule is COC(=O)C(C)Oc1ccc(C)c(-c2noc3ccc(-n4c(=O)cc(C(F)(F)F)n(C)c4=O)c(Cl)c23)c1. The number of hydrogen-bond donors (Lipinski definition) is 0. The monoisotopic (exact) mass is 537 g/mol. The van der Waals surface area contributed by atoms with Crippen LogP contribution in [0.25, 0.3) is 27.9 Å². The molecule has 0 bridgehead atoms. The summed E-state index contributed by atoms with van der Waals surface area (Å²) in [6.45, 7) is 3.29. The van der Waals surface area contributed by atoms with Gasteiger partial charge in [-0.15, -0.1) is 0 Å². The van der Waals surface area contributed by atoms with Gasteiger partial charge in [0, 0.05) is 18.7 Å². The van der Waals surface area contributed by atoms with Gasteiger partial charge >= 0.3 is 17.8 Å². The van der Waals surface area contributed by atoms with Gasteiger partial charge in [0.2, 0.25) is 0 Å². The third-order valence-electron chi connectivity index (χ3n) is 5.72. The molecular formula is C24H19ClF3N3O6. The predicted molar refractivity (Wildman–Crippen MR) is 127 cm³/mol. The molecule has 0 aliphatic carbocycles. The van der Waals surface area contributed by atoms with Crippen molar-refractivity contribution < 1.29 is 32.0 Å². The van der Waals surface area contributed by atoms with Crippen LogP contribution in [-0.2, 0) is 22.8 Å². The maximum absolute atomic E-state index is 13.3. The summed E-state index contributed by atoms with van der Waals surface area (Å²) in [5, 5.41) is 4.16. The van der Waals surface area contributed by atoms with Crippen molar-refractivity contribution >= 4 is 28.5 Å². The molecule has 0 aliphatic heterocycles. The molecule has 2 heterocycles. The van der Waals surface area contributed by atoms with Crippen LogP contribution in [0.1, 0.15) is 18.2 Å². The molecule has 4 rings (SSSR count). The Morgan fingerprint density at radius 2 is 1.86 bits per heavy atom. The van der Waals surface area contributed by atoms with E-state index in [0.717, 1.165) is 12.6 Å². The largest absolute Gasteiger partial charge is 0.479 e. The molecule has 13 heteroatoms. The van der Waals surface area contributed by atoms with Crippen LogP contribution in [0.2, 0.25) is 5.02 Å². The van der Waals surface area contributed by atoms with Gasteiger partial charge in [-0.1, -0.05) is 22.8 Å². The number of esters is 1. The fourth-order valence-corrected chi connectivity index (χ4v) is 4.14. The molecule has 0 fully saturated rings. The number of benzene rings is 2. The van der Waals surface area contributed by atoms with Crippen LogP contribution >= 0.6 is 11.6 Å². The van der Waals surface area contributed by atoms with Crippen molar-refractivity contribution in [2.75, 3.05) is 7.11 Å². The second-order valence-electron chi connectivity index (χ2n) is 8.11. The molecule has 0 aliphatic rings. The van der Waals surface area contributed by atoms with Crippen molar-refractivity contribution in [2.45, 2.75) is 26.1 Å². The lowest BCUT2D eigenvalue weighted by Crippen LogP contribution is -2.40. The molecule has 1 unspecified atom stereocenters. The smallest absolute Gasteiger partial charge is 0.431 e. The van der Waals surface area contributed by atoms with Crippen molar-refractivity contribution in [3.05, 3.63) is 73.5 Å². The first-order valence-corrected chi connectivity index (χ1v) is 11.1. The Balaban J connectivity index is 1.90. The van der Waals surface area contributed by atoms with Gasteiger partial charge in [-0.3, -0.25) is 9.36 Å². The van der Waals surface area contributed by atoms with Crippen molar-refractivity contribution in [1.82, 2.24) is 14.3 Å². The minimum Gasteiger partial charge on any atom is -0.479 e. The highest BCUT2D eigenvalue weighted by Gasteiger charge is 2.35. The highest BCUT2D eigenvalue weighted by Crippen LogP contribution is 2.39. The summed E-state index contributed by atoms with van der Waals surface area (Å²) in [4.78, 5) is 37.1. The van der Waals surface area contributed by atoms with Gasteiger partial charge < -0.3 is 14.0 Å². The lowest BCUT2D eigenvalue weighted by molar-refractivity contribution is -0.148. The molecule has 9 nitrogen and oxygen atoms in total. The van der Waals surface area contributed by atoms with Gasteiger partial charge in [-0.25, -0.2) is 14.2 Å². The number of carbonyl (C=O) groups is 1. The van der Waals surface area contributed by atoms with E-state index < -0.39 is 35.2 Å². The minimum absolute atomic E-state index is 0.138. The maximum atomic E-state index is 13.3. The Morgan fingerprint density at radius 3 is 2.51 bits per heavy atom. The average Bonchev–Trinajstić information content (AvgIpc) is 3.27. The van der Waals surface area contributed by atoms with E-state index >= 15 is 0 Å². The lowest BCUT2D eigenvalue weighted by atomic mass is 10.0. The quantitative estimate of drug-likeness (QED) is 0.350. The van der Waals surface area contributed by atoms with Crippen LogP contribution < -0.4 is 16.0 Å². The van der Waals surface area contributed by atoms with Crippen LogP contribution in [-0.4, -0.2) is 33.5 Å². The zero-order valence-corrected chi connectivity index (χ0v) is 20.6. The second kappa shape index (κ2) is 9.43. The summed E-state index contributed by atoms with van der Waals surface area (Å²) in [6, 6.07) is 7.94. The fourth-order valence-electron chi connectivity index (χ4n) is 3.81. The van der Waals surface area contributed by atoms with Crippen LogP contribution in [0.3, 0.4) is 0 Å². The maximum Gasteiger partial charge on any atom is 0.431 e. The minimum atomic E-state index is -4.91. The number of aromatic nitrogens is 3. The molecule has 0 spiro atoms. The fraction of sp³-hybridized carbons (Fsp3) is 0.250. The highest BCUT2D eigenvalue weighted by atomic mass is 35.5. The number of alkyl halides is 3. The van der Waals surface area contributed by atoms with Crippen molar-refractivity contribution in [2.24, 2.45) is 7.05 Å². The Labute approximate surface area is 211 Å². The first-order valence-electron chi connectivity index (χ1n) is 10.7. The number of ether oxygens (including phenoxy) is 2. The summed E-state index contributed by atoms with van der Waals surface area (Å²) in [5.41, 5.74) is -2.34. The number of methoxy groups -OCH3 is 1. The molecule has 0 radical (unpaired) electrons. The zero-order valence-electron chi connectivity index (χ0n) is 19.8. The molecule has 2 aromatic carbocycles. The standard InChI is InChI=1S/C24H19ClF3N3O6/c1-11-5-6-13(36-12(2)22(33)35-4)9-14(11)21-19-16(37-29-21)8-7-15(20(19)25)31-18(32)10-17(24(26,27)28)30(3)23(31)34/h5-10,12H,1-4H3. The Kier molecular flexibility index (Phi) is 6.63. The van der Waals surface area contributed by atoms with Gasteiger partial charge in [0.05, 0.1) is 23.2 Å². The Bertz CT molecular complexity index is 1650. The topological polar surface area (TPSA) is 106 Å². The molecule has 1 atom stereocenters. The van der Waals surface area contributed by atoms with E-state index in [1.54, 1.807) is 25.1 Å². The molecule has 2 aromatic heterocycles. The summed E-state index contributed by atoms with van der Waals surface area (Å²) < 4.78 is 56.3. The lowest BCUT2D eigenvalue weighted by Gasteiger charge is -2.15. The number of hydrogen-bond acceptors (Lipinski definition) is 7. The van der Waals surface area contributed by atoms with Crippen LogP contribution in [0.15, 0.2) is 50.5 Å². The van der Waals surface area contributed by atoms with E-state index in [2.05, 4.69) is 9.89 Å². The number of rotatable bonds is 5. The van der Waals surface area contributed by atoms with Crippen LogP contribution in [0, 0.1) is 6.92 Å². The van der Waals surface area contributed by atoms with Crippen LogP contribution in [0.4, 0.5) is 13.2 Å². The Hall–Kier alpha value is -4.06. The number of nitrogens with zero attached hydrogens (tertiary/aromatic N) is 3. The van der Waals surface area contributed by atoms with Gasteiger partial charge in [0.15, 0.2) is 11.7 Å². The molecular weight excluding hydrogens is 519 g/mol. The van der Waals surface area contributed by atoms with Gasteiger partial charge in [-0.05, 0) is 43.7 Å². The van der Waals surface area contributed by atoms with Gasteiger partial charge in [-0.2, -0.15) is 13.2 Å². The highest BCUT2D eigenvalue weighted by molar-refractivity contribution is 6.38. The second-order valence-corrected chi connectivity index (χ2v) is 8.48. The normalized spacial score (nSPS) is 12.5. The third kappa shape index (κ3) is 4.59. The van der Waals surface area contributed by atoms with Gasteiger partial charge in [0.1, 0.15) is 17.1 Å². The van der Waals surface area contributed by atoms with E-state index in [1.165, 1.54) is 26.2 Å². The average molecular weight is 538 g/mol. The first-order chi connectivity index (χ1) is 17.3. The Morgan fingerprint density at radius 1 is 1.16 bits per heavy atom. The predicted octanol–water partition coefficient (Wildman–Crippen LogP) is 4.27. The molecule has 0 N–H and O–H groups in total. The molecule has 194 valence electrons. The molecule has 0 saturated carbocycles. The number of fused-ring (bicyclic) bond motifs is 1. The van der Waals surface area contributed by atoms with Crippen molar-refractivity contribution in [1.29, 1.82) is 0 Å². The number of halogens is 4. The molecule has 0 amide bonds. The third-order valence-corrected chi connectivity index (χ3v) is 6.10. The van der Waals surface area contributed by atoms with E-state index in [1.807, 2.05) is 0 Å². The summed E-state index contributed by atoms with van der Waals surface area (Å²) in [6.07, 6.45) is -5.80. The number of aryl methyl sites for hydroxylation is 1. The van der Waals surface area contributed by atoms with Crippen molar-refractivity contribution in [3.8, 4) is 22.7 Å². The van der Waals surface area contributed by atoms with E-state index in [0.29, 0.717) is 26.5 Å². The van der Waals surface area contributed by atoms with E-state index in [9.17, 15) is 27.6 Å². The van der Waals surface area contributed by atoms with Gasteiger partial charge in [0.25, 0.3) is 5.56 Å². The van der Waals surface area contributed by atoms with E-state index in [4.69, 9.17) is 20.9 Å². The van der Waals surface area contributed by atoms with Crippen LogP contribution in [0.5, 0.6) is 5.75 Å². The zero-order chi connectivity index (χ0) is 27.2.